The van der Waals surface area contributed by atoms with Crippen LogP contribution in [0.5, 0.6) is 17.2 Å². The predicted molar refractivity (Wildman–Crippen MR) is 72.5 cm³/mol. The van der Waals surface area contributed by atoms with Crippen LogP contribution in [-0.2, 0) is 0 Å². The minimum absolute atomic E-state index is 0.113. The number of allylic oxidation sites excluding steroid dienone is 1. The van der Waals surface area contributed by atoms with Crippen molar-refractivity contribution in [2.45, 2.75) is 18.9 Å². The zero-order valence-corrected chi connectivity index (χ0v) is 11.2. The number of hydrogen-bond donors (Lipinski definition) is 1. The van der Waals surface area contributed by atoms with E-state index in [2.05, 4.69) is 6.58 Å². The number of hydrogen-bond acceptors (Lipinski definition) is 4. The molecule has 18 heavy (non-hydrogen) atoms. The summed E-state index contributed by atoms with van der Waals surface area (Å²) in [7, 11) is 4.77. The van der Waals surface area contributed by atoms with Gasteiger partial charge in [-0.25, -0.2) is 0 Å². The summed E-state index contributed by atoms with van der Waals surface area (Å²) < 4.78 is 16.0. The molecular weight excluding hydrogens is 230 g/mol. The van der Waals surface area contributed by atoms with E-state index in [1.54, 1.807) is 21.3 Å². The van der Waals surface area contributed by atoms with Gasteiger partial charge in [0, 0.05) is 11.6 Å². The average Bonchev–Trinajstić information content (AvgIpc) is 2.42. The number of benzene rings is 1. The number of nitrogens with two attached hydrogens (primary N) is 1. The summed E-state index contributed by atoms with van der Waals surface area (Å²) in [5, 5.41) is 0. The molecule has 0 radical (unpaired) electrons. The van der Waals surface area contributed by atoms with Crippen LogP contribution in [0.25, 0.3) is 0 Å². The summed E-state index contributed by atoms with van der Waals surface area (Å²) in [6.07, 6.45) is 3.53. The quantitative estimate of drug-likeness (QED) is 0.757. The predicted octanol–water partition coefficient (Wildman–Crippen LogP) is 2.68. The molecule has 2 N–H and O–H groups in total. The SMILES string of the molecule is C=CCCC(N)c1ccc(OC)c(OC)c1OC. The van der Waals surface area contributed by atoms with E-state index in [9.17, 15) is 0 Å². The Labute approximate surface area is 108 Å². The van der Waals surface area contributed by atoms with Gasteiger partial charge in [0.2, 0.25) is 5.75 Å². The summed E-state index contributed by atoms with van der Waals surface area (Å²) in [5.74, 6) is 1.84. The molecule has 4 nitrogen and oxygen atoms in total. The van der Waals surface area contributed by atoms with Gasteiger partial charge in [-0.15, -0.1) is 6.58 Å². The molecule has 0 fully saturated rings. The molecule has 0 aliphatic carbocycles. The molecule has 0 amide bonds. The average molecular weight is 251 g/mol. The largest absolute Gasteiger partial charge is 0.493 e. The summed E-state index contributed by atoms with van der Waals surface area (Å²) in [6, 6.07) is 3.64. The zero-order chi connectivity index (χ0) is 13.5. The second kappa shape index (κ2) is 6.91. The fourth-order valence-corrected chi connectivity index (χ4v) is 1.87. The maximum atomic E-state index is 6.15. The van der Waals surface area contributed by atoms with Gasteiger partial charge in [-0.2, -0.15) is 0 Å². The second-order valence-electron chi connectivity index (χ2n) is 3.90. The number of ether oxygens (including phenoxy) is 3. The van der Waals surface area contributed by atoms with Crippen molar-refractivity contribution in [2.24, 2.45) is 5.73 Å². The van der Waals surface area contributed by atoms with Crippen molar-refractivity contribution >= 4 is 0 Å². The lowest BCUT2D eigenvalue weighted by molar-refractivity contribution is 0.320. The molecule has 0 heterocycles. The molecule has 1 aromatic rings. The minimum Gasteiger partial charge on any atom is -0.493 e. The van der Waals surface area contributed by atoms with E-state index in [-0.39, 0.29) is 6.04 Å². The Morgan fingerprint density at radius 2 is 1.83 bits per heavy atom. The van der Waals surface area contributed by atoms with Gasteiger partial charge in [-0.3, -0.25) is 0 Å². The first-order valence-electron chi connectivity index (χ1n) is 5.84. The van der Waals surface area contributed by atoms with Crippen LogP contribution in [0.15, 0.2) is 24.8 Å². The Hall–Kier alpha value is -1.68. The van der Waals surface area contributed by atoms with Gasteiger partial charge in [0.25, 0.3) is 0 Å². The zero-order valence-electron chi connectivity index (χ0n) is 11.2. The lowest BCUT2D eigenvalue weighted by atomic mass is 10.0. The van der Waals surface area contributed by atoms with Crippen LogP contribution in [0.3, 0.4) is 0 Å². The summed E-state index contributed by atoms with van der Waals surface area (Å²) in [4.78, 5) is 0. The molecular formula is C14H21NO3. The van der Waals surface area contributed by atoms with Crippen LogP contribution in [0, 0.1) is 0 Å². The standard InChI is InChI=1S/C14H21NO3/c1-5-6-7-11(15)10-8-9-12(16-2)14(18-4)13(10)17-3/h5,8-9,11H,1,6-7,15H2,2-4H3. The van der Waals surface area contributed by atoms with Gasteiger partial charge in [-0.05, 0) is 25.0 Å². The van der Waals surface area contributed by atoms with E-state index < -0.39 is 0 Å². The van der Waals surface area contributed by atoms with E-state index >= 15 is 0 Å². The lowest BCUT2D eigenvalue weighted by Gasteiger charge is -2.19. The van der Waals surface area contributed by atoms with Gasteiger partial charge in [0.15, 0.2) is 11.5 Å². The highest BCUT2D eigenvalue weighted by molar-refractivity contribution is 5.56. The first-order valence-corrected chi connectivity index (χ1v) is 5.84. The highest BCUT2D eigenvalue weighted by Crippen LogP contribution is 2.42. The van der Waals surface area contributed by atoms with E-state index in [0.29, 0.717) is 17.2 Å². The van der Waals surface area contributed by atoms with Crippen molar-refractivity contribution in [1.82, 2.24) is 0 Å². The Morgan fingerprint density at radius 3 is 2.33 bits per heavy atom. The highest BCUT2D eigenvalue weighted by Gasteiger charge is 2.19. The first kappa shape index (κ1) is 14.4. The molecule has 1 unspecified atom stereocenters. The van der Waals surface area contributed by atoms with Crippen molar-refractivity contribution in [2.75, 3.05) is 21.3 Å². The third-order valence-electron chi connectivity index (χ3n) is 2.82. The fraction of sp³-hybridized carbons (Fsp3) is 0.429. The number of rotatable bonds is 7. The molecule has 0 aliphatic heterocycles. The van der Waals surface area contributed by atoms with E-state index in [4.69, 9.17) is 19.9 Å². The third kappa shape index (κ3) is 2.96. The molecule has 1 rings (SSSR count). The molecule has 1 aromatic carbocycles. The van der Waals surface area contributed by atoms with E-state index in [0.717, 1.165) is 18.4 Å². The number of methoxy groups -OCH3 is 3. The lowest BCUT2D eigenvalue weighted by Crippen LogP contribution is -2.12. The Bertz CT molecular complexity index is 404. The van der Waals surface area contributed by atoms with Gasteiger partial charge in [0.1, 0.15) is 0 Å². The minimum atomic E-state index is -0.113. The molecule has 0 bridgehead atoms. The summed E-state index contributed by atoms with van der Waals surface area (Å²) in [6.45, 7) is 3.70. The molecule has 0 spiro atoms. The van der Waals surface area contributed by atoms with Crippen LogP contribution < -0.4 is 19.9 Å². The second-order valence-corrected chi connectivity index (χ2v) is 3.90. The molecule has 0 saturated carbocycles. The van der Waals surface area contributed by atoms with Crippen molar-refractivity contribution in [3.63, 3.8) is 0 Å². The molecule has 0 saturated heterocycles. The molecule has 0 aliphatic rings. The van der Waals surface area contributed by atoms with Crippen LogP contribution in [0.2, 0.25) is 0 Å². The van der Waals surface area contributed by atoms with Crippen LogP contribution in [0.4, 0.5) is 0 Å². The van der Waals surface area contributed by atoms with E-state index in [1.165, 1.54) is 0 Å². The van der Waals surface area contributed by atoms with Crippen LogP contribution >= 0.6 is 0 Å². The maximum absolute atomic E-state index is 6.15. The van der Waals surface area contributed by atoms with Crippen LogP contribution in [0.1, 0.15) is 24.4 Å². The van der Waals surface area contributed by atoms with Gasteiger partial charge in [0.05, 0.1) is 21.3 Å². The Kier molecular flexibility index (Phi) is 5.52. The van der Waals surface area contributed by atoms with Crippen molar-refractivity contribution in [3.05, 3.63) is 30.4 Å². The third-order valence-corrected chi connectivity index (χ3v) is 2.82. The maximum Gasteiger partial charge on any atom is 0.203 e. The molecule has 1 atom stereocenters. The van der Waals surface area contributed by atoms with Crippen molar-refractivity contribution in [3.8, 4) is 17.2 Å². The van der Waals surface area contributed by atoms with Gasteiger partial charge < -0.3 is 19.9 Å². The first-order chi connectivity index (χ1) is 8.69. The highest BCUT2D eigenvalue weighted by atomic mass is 16.5. The van der Waals surface area contributed by atoms with E-state index in [1.807, 2.05) is 18.2 Å². The van der Waals surface area contributed by atoms with Crippen molar-refractivity contribution < 1.29 is 14.2 Å². The fourth-order valence-electron chi connectivity index (χ4n) is 1.87. The van der Waals surface area contributed by atoms with Gasteiger partial charge >= 0.3 is 0 Å². The Morgan fingerprint density at radius 1 is 1.17 bits per heavy atom. The topological polar surface area (TPSA) is 53.7 Å². The normalized spacial score (nSPS) is 11.8. The summed E-state index contributed by atoms with van der Waals surface area (Å²) >= 11 is 0. The summed E-state index contributed by atoms with van der Waals surface area (Å²) in [5.41, 5.74) is 7.06. The van der Waals surface area contributed by atoms with Gasteiger partial charge in [-0.1, -0.05) is 6.08 Å². The van der Waals surface area contributed by atoms with Crippen molar-refractivity contribution in [1.29, 1.82) is 0 Å². The molecule has 0 aromatic heterocycles. The Balaban J connectivity index is 3.15. The smallest absolute Gasteiger partial charge is 0.203 e. The molecule has 100 valence electrons. The monoisotopic (exact) mass is 251 g/mol. The molecule has 4 heteroatoms. The van der Waals surface area contributed by atoms with Crippen LogP contribution in [-0.4, -0.2) is 21.3 Å².